The van der Waals surface area contributed by atoms with Gasteiger partial charge in [0, 0.05) is 16.8 Å². The fraction of sp³-hybridized carbons (Fsp3) is 0.0667. The molecule has 0 saturated heterocycles. The molecular formula is C15H11ClN2O2S. The number of halogens is 1. The van der Waals surface area contributed by atoms with Gasteiger partial charge in [-0.2, -0.15) is 0 Å². The molecule has 0 bridgehead atoms. The molecule has 3 aromatic rings. The summed E-state index contributed by atoms with van der Waals surface area (Å²) in [5.74, 6) is 0.255. The van der Waals surface area contributed by atoms with Crippen molar-refractivity contribution in [2.75, 3.05) is 5.32 Å². The van der Waals surface area contributed by atoms with Crippen LogP contribution in [0.4, 0.5) is 5.69 Å². The lowest BCUT2D eigenvalue weighted by Gasteiger charge is -2.06. The Balaban J connectivity index is 1.81. The van der Waals surface area contributed by atoms with Crippen LogP contribution in [0.1, 0.15) is 16.1 Å². The normalized spacial score (nSPS) is 10.6. The average molecular weight is 319 g/mol. The number of aryl methyl sites for hydroxylation is 1. The Kier molecular flexibility index (Phi) is 3.77. The number of nitrogens with zero attached hydrogens (tertiary/aromatic N) is 1. The van der Waals surface area contributed by atoms with Crippen LogP contribution in [0.5, 0.6) is 0 Å². The van der Waals surface area contributed by atoms with E-state index in [1.165, 1.54) is 11.3 Å². The van der Waals surface area contributed by atoms with Crippen molar-refractivity contribution < 1.29 is 9.32 Å². The zero-order valence-corrected chi connectivity index (χ0v) is 12.7. The summed E-state index contributed by atoms with van der Waals surface area (Å²) >= 11 is 7.46. The van der Waals surface area contributed by atoms with Gasteiger partial charge >= 0.3 is 0 Å². The molecular weight excluding hydrogens is 308 g/mol. The summed E-state index contributed by atoms with van der Waals surface area (Å²) in [6.07, 6.45) is 0. The highest BCUT2D eigenvalue weighted by Crippen LogP contribution is 2.26. The van der Waals surface area contributed by atoms with Crippen LogP contribution < -0.4 is 5.32 Å². The minimum Gasteiger partial charge on any atom is -0.355 e. The van der Waals surface area contributed by atoms with E-state index in [0.29, 0.717) is 16.5 Å². The molecule has 0 atom stereocenters. The van der Waals surface area contributed by atoms with E-state index in [9.17, 15) is 4.79 Å². The number of hydrogen-bond acceptors (Lipinski definition) is 4. The van der Waals surface area contributed by atoms with Crippen molar-refractivity contribution in [3.8, 4) is 10.6 Å². The van der Waals surface area contributed by atoms with Crippen LogP contribution in [0.25, 0.3) is 10.6 Å². The highest BCUT2D eigenvalue weighted by molar-refractivity contribution is 7.13. The van der Waals surface area contributed by atoms with Crippen molar-refractivity contribution in [1.82, 2.24) is 5.16 Å². The molecule has 0 aliphatic rings. The van der Waals surface area contributed by atoms with Gasteiger partial charge in [0.1, 0.15) is 0 Å². The summed E-state index contributed by atoms with van der Waals surface area (Å²) in [7, 11) is 0. The van der Waals surface area contributed by atoms with Gasteiger partial charge in [0.2, 0.25) is 0 Å². The Morgan fingerprint density at radius 2 is 2.19 bits per heavy atom. The van der Waals surface area contributed by atoms with Crippen molar-refractivity contribution in [3.05, 3.63) is 58.1 Å². The number of carbonyl (C=O) groups excluding carboxylic acids is 1. The number of aromatic nitrogens is 1. The third-order valence-corrected chi connectivity index (χ3v) is 4.07. The summed E-state index contributed by atoms with van der Waals surface area (Å²) in [5.41, 5.74) is 1.82. The van der Waals surface area contributed by atoms with Gasteiger partial charge in [-0.25, -0.2) is 0 Å². The van der Waals surface area contributed by atoms with Crippen LogP contribution in [0.15, 0.2) is 46.3 Å². The molecule has 0 radical (unpaired) electrons. The first kappa shape index (κ1) is 13.9. The molecule has 1 aromatic carbocycles. The molecule has 0 aliphatic carbocycles. The first-order valence-corrected chi connectivity index (χ1v) is 7.47. The maximum atomic E-state index is 12.2. The van der Waals surface area contributed by atoms with Gasteiger partial charge in [-0.15, -0.1) is 11.3 Å². The number of rotatable bonds is 3. The Morgan fingerprint density at radius 1 is 1.33 bits per heavy atom. The van der Waals surface area contributed by atoms with Crippen molar-refractivity contribution in [3.63, 3.8) is 0 Å². The van der Waals surface area contributed by atoms with E-state index >= 15 is 0 Å². The smallest absolute Gasteiger partial charge is 0.277 e. The molecule has 0 fully saturated rings. The van der Waals surface area contributed by atoms with Crippen LogP contribution in [-0.2, 0) is 0 Å². The average Bonchev–Trinajstić information content (AvgIpc) is 3.12. The van der Waals surface area contributed by atoms with Crippen molar-refractivity contribution in [2.45, 2.75) is 6.92 Å². The van der Waals surface area contributed by atoms with Crippen molar-refractivity contribution in [1.29, 1.82) is 0 Å². The van der Waals surface area contributed by atoms with E-state index in [2.05, 4.69) is 10.5 Å². The number of benzene rings is 1. The van der Waals surface area contributed by atoms with Gasteiger partial charge in [-0.05, 0) is 36.1 Å². The predicted molar refractivity (Wildman–Crippen MR) is 84.0 cm³/mol. The summed E-state index contributed by atoms with van der Waals surface area (Å²) in [6, 6.07) is 10.8. The van der Waals surface area contributed by atoms with E-state index in [1.807, 2.05) is 30.5 Å². The number of hydrogen-bond donors (Lipinski definition) is 1. The maximum Gasteiger partial charge on any atom is 0.277 e. The third kappa shape index (κ3) is 2.99. The second-order valence-corrected chi connectivity index (χ2v) is 5.85. The summed E-state index contributed by atoms with van der Waals surface area (Å²) < 4.78 is 5.20. The number of thiophene rings is 1. The first-order valence-electron chi connectivity index (χ1n) is 6.21. The fourth-order valence-electron chi connectivity index (χ4n) is 1.83. The van der Waals surface area contributed by atoms with Crippen molar-refractivity contribution in [2.24, 2.45) is 0 Å². The van der Waals surface area contributed by atoms with Gasteiger partial charge in [-0.3, -0.25) is 4.79 Å². The Morgan fingerprint density at radius 3 is 2.95 bits per heavy atom. The molecule has 1 amide bonds. The number of carbonyl (C=O) groups is 1. The third-order valence-electron chi connectivity index (χ3n) is 2.95. The maximum absolute atomic E-state index is 12.2. The number of amides is 1. The standard InChI is InChI=1S/C15H11ClN2O2S/c1-9-4-5-10(16)7-11(9)17-15(19)12-8-13(20-18-12)14-3-2-6-21-14/h2-8H,1H3,(H,17,19). The quantitative estimate of drug-likeness (QED) is 0.766. The summed E-state index contributed by atoms with van der Waals surface area (Å²) in [6.45, 7) is 1.89. The van der Waals surface area contributed by atoms with Crippen molar-refractivity contribution >= 4 is 34.5 Å². The number of anilines is 1. The molecule has 0 aliphatic heterocycles. The molecule has 6 heteroatoms. The Hall–Kier alpha value is -2.11. The number of nitrogens with one attached hydrogen (secondary N) is 1. The minimum absolute atomic E-state index is 0.234. The predicted octanol–water partition coefficient (Wildman–Crippen LogP) is 4.62. The second kappa shape index (κ2) is 5.71. The molecule has 4 nitrogen and oxygen atoms in total. The van der Waals surface area contributed by atoms with Crippen LogP contribution >= 0.6 is 22.9 Å². The van der Waals surface area contributed by atoms with Crippen LogP contribution in [0.2, 0.25) is 5.02 Å². The zero-order chi connectivity index (χ0) is 14.8. The molecule has 21 heavy (non-hydrogen) atoms. The largest absolute Gasteiger partial charge is 0.355 e. The van der Waals surface area contributed by atoms with Gasteiger partial charge in [0.25, 0.3) is 5.91 Å². The van der Waals surface area contributed by atoms with E-state index in [-0.39, 0.29) is 11.6 Å². The zero-order valence-electron chi connectivity index (χ0n) is 11.1. The van der Waals surface area contributed by atoms with E-state index in [0.717, 1.165) is 10.4 Å². The molecule has 2 heterocycles. The molecule has 0 unspecified atom stereocenters. The van der Waals surface area contributed by atoms with E-state index in [1.54, 1.807) is 18.2 Å². The lowest BCUT2D eigenvalue weighted by Crippen LogP contribution is -2.13. The summed E-state index contributed by atoms with van der Waals surface area (Å²) in [5, 5.41) is 9.09. The Labute approximate surface area is 130 Å². The fourth-order valence-corrected chi connectivity index (χ4v) is 2.68. The second-order valence-electron chi connectivity index (χ2n) is 4.47. The van der Waals surface area contributed by atoms with E-state index < -0.39 is 0 Å². The molecule has 0 saturated carbocycles. The topological polar surface area (TPSA) is 55.1 Å². The summed E-state index contributed by atoms with van der Waals surface area (Å²) in [4.78, 5) is 13.1. The first-order chi connectivity index (χ1) is 10.1. The highest BCUT2D eigenvalue weighted by atomic mass is 35.5. The molecule has 3 rings (SSSR count). The van der Waals surface area contributed by atoms with Gasteiger partial charge in [-0.1, -0.05) is 28.9 Å². The molecule has 106 valence electrons. The van der Waals surface area contributed by atoms with Crippen LogP contribution in [0, 0.1) is 6.92 Å². The Bertz CT molecular complexity index is 781. The molecule has 0 spiro atoms. The van der Waals surface area contributed by atoms with Gasteiger partial charge in [0.05, 0.1) is 4.88 Å². The lowest BCUT2D eigenvalue weighted by atomic mass is 10.2. The monoisotopic (exact) mass is 318 g/mol. The lowest BCUT2D eigenvalue weighted by molar-refractivity contribution is 0.101. The molecule has 1 N–H and O–H groups in total. The van der Waals surface area contributed by atoms with Gasteiger partial charge < -0.3 is 9.84 Å². The highest BCUT2D eigenvalue weighted by Gasteiger charge is 2.15. The van der Waals surface area contributed by atoms with Crippen LogP contribution in [-0.4, -0.2) is 11.1 Å². The van der Waals surface area contributed by atoms with E-state index in [4.69, 9.17) is 16.1 Å². The van der Waals surface area contributed by atoms with Gasteiger partial charge in [0.15, 0.2) is 11.5 Å². The van der Waals surface area contributed by atoms with Crippen LogP contribution in [0.3, 0.4) is 0 Å². The molecule has 2 aromatic heterocycles. The minimum atomic E-state index is -0.327. The SMILES string of the molecule is Cc1ccc(Cl)cc1NC(=O)c1cc(-c2cccs2)on1.